The standard InChI is InChI=1S/C47H43FN6O8/c1-53-19-21-54(22-20-53)25-36-27-58-35-15-16-38(59-26-33-17-18-49-44(52-33)37-5-3-4-6-39(37)57-2)31(23-35)24-40(47(55)56)61-45-42-41(29-9-13-34(60-36)14-10-29)43(62-46(42)51-28-50-45)30-7-11-32(48)12-8-30/h3-18,23,28,36,40H,19-22,24-27H2,1-2H3,(H,55,56)/t36-,40-/m1/s1. The normalized spacial score (nSPS) is 17.1. The van der Waals surface area contributed by atoms with E-state index in [1.807, 2.05) is 48.5 Å². The molecule has 2 atom stereocenters. The molecule has 4 aromatic carbocycles. The number of likely N-dealkylation sites (N-methyl/N-ethyl adjacent to an activating group) is 1. The van der Waals surface area contributed by atoms with Crippen LogP contribution in [-0.4, -0.2) is 107 Å². The second-order valence-electron chi connectivity index (χ2n) is 15.1. The van der Waals surface area contributed by atoms with Gasteiger partial charge in [0.25, 0.3) is 0 Å². The van der Waals surface area contributed by atoms with Crippen molar-refractivity contribution in [2.24, 2.45) is 0 Å². The molecular weight excluding hydrogens is 796 g/mol. The molecule has 0 saturated carbocycles. The quantitative estimate of drug-likeness (QED) is 0.156. The van der Waals surface area contributed by atoms with Gasteiger partial charge in [0, 0.05) is 62.0 Å². The molecule has 0 amide bonds. The number of carboxylic acid groups (broad SMARTS) is 1. The topological polar surface area (TPSA) is 155 Å². The Bertz CT molecular complexity index is 2690. The van der Waals surface area contributed by atoms with Crippen LogP contribution < -0.4 is 23.7 Å². The van der Waals surface area contributed by atoms with E-state index in [1.165, 1.54) is 18.5 Å². The maximum Gasteiger partial charge on any atom is 0.345 e. The molecular formula is C47H43FN6O8. The number of rotatable bonds is 9. The van der Waals surface area contributed by atoms with Gasteiger partial charge in [-0.3, -0.25) is 4.90 Å². The summed E-state index contributed by atoms with van der Waals surface area (Å²) in [5.74, 6) is 1.35. The highest BCUT2D eigenvalue weighted by Gasteiger charge is 2.29. The van der Waals surface area contributed by atoms with E-state index in [4.69, 9.17) is 33.1 Å². The smallest absolute Gasteiger partial charge is 0.345 e. The number of hydrogen-bond acceptors (Lipinski definition) is 13. The molecule has 6 heterocycles. The Morgan fingerprint density at radius 1 is 0.871 bits per heavy atom. The number of para-hydroxylation sites is 1. The SMILES string of the molecule is COc1ccccc1-c1nccc(COc2ccc3cc2C[C@H](C(=O)O)Oc2ncnc4oc(-c5ccc(F)cc5)c(c24)-c2ccc(cc2)O[C@H](CN2CCN(C)CC2)CO3)n1. The van der Waals surface area contributed by atoms with Gasteiger partial charge in [0.15, 0.2) is 5.82 Å². The van der Waals surface area contributed by atoms with Crippen LogP contribution in [0.25, 0.3) is 44.9 Å². The van der Waals surface area contributed by atoms with Crippen molar-refractivity contribution in [3.05, 3.63) is 127 Å². The molecule has 4 bridgehead atoms. The van der Waals surface area contributed by atoms with Gasteiger partial charge in [-0.1, -0.05) is 24.3 Å². The lowest BCUT2D eigenvalue weighted by Crippen LogP contribution is -2.49. The molecule has 14 nitrogen and oxygen atoms in total. The summed E-state index contributed by atoms with van der Waals surface area (Å²) in [5, 5.41) is 11.1. The second kappa shape index (κ2) is 17.9. The second-order valence-corrected chi connectivity index (χ2v) is 15.1. The highest BCUT2D eigenvalue weighted by molar-refractivity contribution is 6.03. The van der Waals surface area contributed by atoms with Gasteiger partial charge >= 0.3 is 5.97 Å². The third-order valence-corrected chi connectivity index (χ3v) is 10.9. The number of furan rings is 1. The summed E-state index contributed by atoms with van der Waals surface area (Å²) in [7, 11) is 3.71. The maximum absolute atomic E-state index is 14.1. The molecule has 10 rings (SSSR count). The number of aromatic nitrogens is 4. The highest BCUT2D eigenvalue weighted by Crippen LogP contribution is 2.44. The van der Waals surface area contributed by atoms with E-state index < -0.39 is 17.9 Å². The van der Waals surface area contributed by atoms with E-state index in [0.717, 1.165) is 31.7 Å². The molecule has 3 aliphatic rings. The van der Waals surface area contributed by atoms with Gasteiger partial charge in [-0.25, -0.2) is 29.1 Å². The summed E-state index contributed by atoms with van der Waals surface area (Å²) in [6.07, 6.45) is 0.943. The van der Waals surface area contributed by atoms with Crippen LogP contribution in [-0.2, 0) is 17.8 Å². The van der Waals surface area contributed by atoms with Gasteiger partial charge < -0.3 is 38.1 Å². The Balaban J connectivity index is 1.11. The van der Waals surface area contributed by atoms with Crippen molar-refractivity contribution in [2.75, 3.05) is 53.5 Å². The Hall–Kier alpha value is -7.10. The minimum atomic E-state index is -1.45. The first-order valence-electron chi connectivity index (χ1n) is 20.2. The molecule has 1 N–H and O–H groups in total. The molecule has 7 aromatic rings. The first kappa shape index (κ1) is 40.3. The summed E-state index contributed by atoms with van der Waals surface area (Å²) >= 11 is 0. The summed E-state index contributed by atoms with van der Waals surface area (Å²) < 4.78 is 51.8. The first-order chi connectivity index (χ1) is 30.3. The number of nitrogens with zero attached hydrogens (tertiary/aromatic N) is 6. The molecule has 15 heteroatoms. The molecule has 316 valence electrons. The number of benzene rings is 4. The van der Waals surface area contributed by atoms with Crippen LogP contribution >= 0.6 is 0 Å². The molecule has 3 aromatic heterocycles. The Morgan fingerprint density at radius 2 is 1.65 bits per heavy atom. The van der Waals surface area contributed by atoms with Crippen LogP contribution in [0.4, 0.5) is 4.39 Å². The number of piperazine rings is 1. The lowest BCUT2D eigenvalue weighted by atomic mass is 9.99. The zero-order chi connectivity index (χ0) is 42.6. The van der Waals surface area contributed by atoms with Crippen LogP contribution in [0.1, 0.15) is 11.3 Å². The Labute approximate surface area is 356 Å². The number of methoxy groups -OCH3 is 1. The third kappa shape index (κ3) is 8.85. The highest BCUT2D eigenvalue weighted by atomic mass is 19.1. The summed E-state index contributed by atoms with van der Waals surface area (Å²) in [5.41, 5.74) is 3.80. The number of ether oxygens (including phenoxy) is 5. The molecule has 62 heavy (non-hydrogen) atoms. The average Bonchev–Trinajstić information content (AvgIpc) is 3.69. The van der Waals surface area contributed by atoms with Crippen molar-refractivity contribution in [3.8, 4) is 62.7 Å². The molecule has 0 spiro atoms. The third-order valence-electron chi connectivity index (χ3n) is 10.9. The van der Waals surface area contributed by atoms with Crippen molar-refractivity contribution in [1.82, 2.24) is 29.7 Å². The Morgan fingerprint density at radius 3 is 2.44 bits per heavy atom. The van der Waals surface area contributed by atoms with Crippen molar-refractivity contribution in [2.45, 2.75) is 25.2 Å². The van der Waals surface area contributed by atoms with Crippen LogP contribution in [0, 0.1) is 5.82 Å². The van der Waals surface area contributed by atoms with E-state index in [9.17, 15) is 14.3 Å². The number of halogens is 1. The lowest BCUT2D eigenvalue weighted by molar-refractivity contribution is -0.145. The van der Waals surface area contributed by atoms with E-state index in [-0.39, 0.29) is 37.3 Å². The van der Waals surface area contributed by atoms with Gasteiger partial charge in [-0.05, 0) is 85.4 Å². The number of hydrogen-bond donors (Lipinski definition) is 1. The number of fused-ring (bicyclic) bond motifs is 7. The van der Waals surface area contributed by atoms with Crippen LogP contribution in [0.5, 0.6) is 28.9 Å². The van der Waals surface area contributed by atoms with Crippen molar-refractivity contribution < 1.29 is 42.4 Å². The monoisotopic (exact) mass is 838 g/mol. The van der Waals surface area contributed by atoms with Crippen molar-refractivity contribution in [3.63, 3.8) is 0 Å². The predicted molar refractivity (Wildman–Crippen MR) is 227 cm³/mol. The number of carboxylic acids is 1. The van der Waals surface area contributed by atoms with Gasteiger partial charge in [-0.15, -0.1) is 0 Å². The summed E-state index contributed by atoms with van der Waals surface area (Å²) in [4.78, 5) is 35.8. The molecule has 0 radical (unpaired) electrons. The van der Waals surface area contributed by atoms with Crippen LogP contribution in [0.3, 0.4) is 0 Å². The number of aliphatic carboxylic acids is 1. The van der Waals surface area contributed by atoms with Gasteiger partial charge in [-0.2, -0.15) is 0 Å². The zero-order valence-corrected chi connectivity index (χ0v) is 34.1. The molecule has 1 fully saturated rings. The predicted octanol–water partition coefficient (Wildman–Crippen LogP) is 7.20. The summed E-state index contributed by atoms with van der Waals surface area (Å²) in [6.45, 7) is 4.53. The fourth-order valence-electron chi connectivity index (χ4n) is 7.65. The number of carbonyl (C=O) groups is 1. The minimum absolute atomic E-state index is 0.00822. The maximum atomic E-state index is 14.1. The fourth-order valence-corrected chi connectivity index (χ4v) is 7.65. The van der Waals surface area contributed by atoms with Gasteiger partial charge in [0.05, 0.1) is 18.4 Å². The van der Waals surface area contributed by atoms with Crippen molar-refractivity contribution in [1.29, 1.82) is 0 Å². The molecule has 0 aliphatic carbocycles. The van der Waals surface area contributed by atoms with Crippen LogP contribution in [0.15, 0.2) is 114 Å². The minimum Gasteiger partial charge on any atom is -0.496 e. The van der Waals surface area contributed by atoms with E-state index in [1.54, 1.807) is 49.7 Å². The largest absolute Gasteiger partial charge is 0.496 e. The lowest BCUT2D eigenvalue weighted by Gasteiger charge is -2.34. The van der Waals surface area contributed by atoms with E-state index in [0.29, 0.717) is 74.5 Å². The van der Waals surface area contributed by atoms with E-state index in [2.05, 4.69) is 31.8 Å². The van der Waals surface area contributed by atoms with E-state index >= 15 is 0 Å². The fraction of sp³-hybridized carbons (Fsp3) is 0.255. The van der Waals surface area contributed by atoms with Crippen molar-refractivity contribution >= 4 is 17.1 Å². The van der Waals surface area contributed by atoms with Gasteiger partial charge in [0.2, 0.25) is 17.7 Å². The zero-order valence-electron chi connectivity index (χ0n) is 34.1. The molecule has 3 aliphatic heterocycles. The molecule has 0 unspecified atom stereocenters. The first-order valence-corrected chi connectivity index (χ1v) is 20.2. The molecule has 1 saturated heterocycles. The van der Waals surface area contributed by atoms with Gasteiger partial charge in [0.1, 0.15) is 65.6 Å². The van der Waals surface area contributed by atoms with Crippen LogP contribution in [0.2, 0.25) is 0 Å². The summed E-state index contributed by atoms with van der Waals surface area (Å²) in [6, 6.07) is 27.9. The average molecular weight is 839 g/mol. The Kier molecular flexibility index (Phi) is 11.6.